The van der Waals surface area contributed by atoms with Crippen LogP contribution in [-0.4, -0.2) is 21.6 Å². The van der Waals surface area contributed by atoms with Crippen LogP contribution in [0.25, 0.3) is 22.9 Å². The molecule has 1 aliphatic rings. The molecule has 7 nitrogen and oxygen atoms in total. The van der Waals surface area contributed by atoms with E-state index in [1.807, 2.05) is 6.07 Å². The summed E-state index contributed by atoms with van der Waals surface area (Å²) in [6, 6.07) is 8.59. The Morgan fingerprint density at radius 3 is 2.50 bits per heavy atom. The molecule has 3 aromatic rings. The maximum absolute atomic E-state index is 11.7. The van der Waals surface area contributed by atoms with Crippen molar-refractivity contribution in [3.8, 4) is 34.4 Å². The number of rotatable bonds is 2. The Bertz CT molecular complexity index is 913. The van der Waals surface area contributed by atoms with Crippen molar-refractivity contribution in [1.29, 1.82) is 0 Å². The number of nitrogens with zero attached hydrogens (tertiary/aromatic N) is 3. The first kappa shape index (κ1) is 12.6. The Balaban J connectivity index is 1.72. The summed E-state index contributed by atoms with van der Waals surface area (Å²) in [7, 11) is 1.68. The minimum Gasteiger partial charge on any atom is -0.454 e. The molecule has 0 saturated heterocycles. The Hall–Kier alpha value is -3.09. The lowest BCUT2D eigenvalue weighted by Crippen LogP contribution is -2.14. The summed E-state index contributed by atoms with van der Waals surface area (Å²) >= 11 is 0. The topological polar surface area (TPSA) is 79.4 Å². The predicted octanol–water partition coefficient (Wildman–Crippen LogP) is 1.83. The smallest absolute Gasteiger partial charge is 0.251 e. The highest BCUT2D eigenvalue weighted by Crippen LogP contribution is 2.35. The summed E-state index contributed by atoms with van der Waals surface area (Å²) in [5.41, 5.74) is 1.18. The summed E-state index contributed by atoms with van der Waals surface area (Å²) in [5.74, 6) is 1.99. The van der Waals surface area contributed by atoms with E-state index in [0.717, 1.165) is 5.56 Å². The minimum atomic E-state index is -0.139. The molecule has 0 unspecified atom stereocenters. The van der Waals surface area contributed by atoms with Crippen molar-refractivity contribution in [2.75, 3.05) is 6.79 Å². The Labute approximate surface area is 124 Å². The first-order valence-electron chi connectivity index (χ1n) is 6.61. The molecule has 0 atom stereocenters. The van der Waals surface area contributed by atoms with Crippen molar-refractivity contribution in [3.63, 3.8) is 0 Å². The minimum absolute atomic E-state index is 0.139. The van der Waals surface area contributed by atoms with Gasteiger partial charge < -0.3 is 18.5 Å². The van der Waals surface area contributed by atoms with E-state index in [1.54, 1.807) is 31.4 Å². The van der Waals surface area contributed by atoms with Crippen LogP contribution in [0.4, 0.5) is 0 Å². The molecule has 0 bridgehead atoms. The second kappa shape index (κ2) is 4.73. The molecule has 7 heteroatoms. The number of aryl methyl sites for hydroxylation is 1. The third kappa shape index (κ3) is 2.03. The largest absolute Gasteiger partial charge is 0.454 e. The van der Waals surface area contributed by atoms with Gasteiger partial charge in [-0.1, -0.05) is 0 Å². The molecule has 3 heterocycles. The van der Waals surface area contributed by atoms with Crippen molar-refractivity contribution in [1.82, 2.24) is 14.8 Å². The number of benzene rings is 1. The second-order valence-corrected chi connectivity index (χ2v) is 4.84. The summed E-state index contributed by atoms with van der Waals surface area (Å²) in [6.45, 7) is 0.210. The SMILES string of the molecule is Cn1ccc(-c2nnc(-c3ccc4c(c3)OCO4)o2)cc1=O. The lowest BCUT2D eigenvalue weighted by Gasteiger charge is -1.99. The van der Waals surface area contributed by atoms with Gasteiger partial charge in [-0.15, -0.1) is 10.2 Å². The van der Waals surface area contributed by atoms with E-state index in [4.69, 9.17) is 13.9 Å². The summed E-state index contributed by atoms with van der Waals surface area (Å²) < 4.78 is 17.7. The van der Waals surface area contributed by atoms with Crippen LogP contribution in [0.3, 0.4) is 0 Å². The van der Waals surface area contributed by atoms with Crippen LogP contribution < -0.4 is 15.0 Å². The molecule has 0 N–H and O–H groups in total. The number of hydrogen-bond donors (Lipinski definition) is 0. The number of ether oxygens (including phenoxy) is 2. The molecule has 4 rings (SSSR count). The van der Waals surface area contributed by atoms with E-state index in [0.29, 0.717) is 28.8 Å². The number of aromatic nitrogens is 3. The van der Waals surface area contributed by atoms with Crippen LogP contribution in [0, 0.1) is 0 Å². The van der Waals surface area contributed by atoms with E-state index < -0.39 is 0 Å². The zero-order chi connectivity index (χ0) is 15.1. The molecule has 1 aliphatic heterocycles. The van der Waals surface area contributed by atoms with E-state index in [-0.39, 0.29) is 12.4 Å². The van der Waals surface area contributed by atoms with Crippen molar-refractivity contribution in [3.05, 3.63) is 46.9 Å². The fourth-order valence-corrected chi connectivity index (χ4v) is 2.17. The number of fused-ring (bicyclic) bond motifs is 1. The van der Waals surface area contributed by atoms with Gasteiger partial charge in [-0.25, -0.2) is 0 Å². The molecular weight excluding hydrogens is 286 g/mol. The van der Waals surface area contributed by atoms with E-state index >= 15 is 0 Å². The van der Waals surface area contributed by atoms with Crippen LogP contribution in [0.15, 0.2) is 45.7 Å². The molecule has 0 radical (unpaired) electrons. The van der Waals surface area contributed by atoms with Gasteiger partial charge in [0.05, 0.1) is 0 Å². The zero-order valence-corrected chi connectivity index (χ0v) is 11.6. The van der Waals surface area contributed by atoms with Gasteiger partial charge in [0.1, 0.15) is 0 Å². The highest BCUT2D eigenvalue weighted by Gasteiger charge is 2.17. The molecule has 0 fully saturated rings. The standard InChI is InChI=1S/C15H11N3O4/c1-18-5-4-10(7-13(18)19)15-17-16-14(22-15)9-2-3-11-12(6-9)21-8-20-11/h2-7H,8H2,1H3. The summed E-state index contributed by atoms with van der Waals surface area (Å²) in [6.07, 6.45) is 1.65. The van der Waals surface area contributed by atoms with Gasteiger partial charge in [0, 0.05) is 30.4 Å². The maximum Gasteiger partial charge on any atom is 0.251 e. The van der Waals surface area contributed by atoms with Gasteiger partial charge in [-0.3, -0.25) is 4.79 Å². The number of hydrogen-bond acceptors (Lipinski definition) is 6. The second-order valence-electron chi connectivity index (χ2n) is 4.84. The predicted molar refractivity (Wildman–Crippen MR) is 76.5 cm³/mol. The highest BCUT2D eigenvalue weighted by molar-refractivity contribution is 5.62. The average Bonchev–Trinajstić information content (AvgIpc) is 3.17. The van der Waals surface area contributed by atoms with Gasteiger partial charge in [0.2, 0.25) is 18.6 Å². The third-order valence-electron chi connectivity index (χ3n) is 3.40. The summed E-state index contributed by atoms with van der Waals surface area (Å²) in [5, 5.41) is 8.01. The highest BCUT2D eigenvalue weighted by atomic mass is 16.7. The normalized spacial score (nSPS) is 12.6. The molecule has 110 valence electrons. The van der Waals surface area contributed by atoms with Crippen molar-refractivity contribution < 1.29 is 13.9 Å². The van der Waals surface area contributed by atoms with Crippen LogP contribution in [0.1, 0.15) is 0 Å². The van der Waals surface area contributed by atoms with Crippen LogP contribution in [0.5, 0.6) is 11.5 Å². The van der Waals surface area contributed by atoms with Crippen LogP contribution in [-0.2, 0) is 7.05 Å². The Morgan fingerprint density at radius 1 is 1.00 bits per heavy atom. The van der Waals surface area contributed by atoms with Crippen molar-refractivity contribution >= 4 is 0 Å². The average molecular weight is 297 g/mol. The molecular formula is C15H11N3O4. The van der Waals surface area contributed by atoms with E-state index in [1.165, 1.54) is 10.6 Å². The first-order chi connectivity index (χ1) is 10.7. The Kier molecular flexibility index (Phi) is 2.72. The molecule has 2 aromatic heterocycles. The van der Waals surface area contributed by atoms with Gasteiger partial charge in [0.15, 0.2) is 11.5 Å². The Morgan fingerprint density at radius 2 is 1.73 bits per heavy atom. The van der Waals surface area contributed by atoms with Crippen molar-refractivity contribution in [2.24, 2.45) is 7.05 Å². The first-order valence-corrected chi connectivity index (χ1v) is 6.61. The van der Waals surface area contributed by atoms with E-state index in [2.05, 4.69) is 10.2 Å². The van der Waals surface area contributed by atoms with Gasteiger partial charge in [-0.2, -0.15) is 0 Å². The lowest BCUT2D eigenvalue weighted by atomic mass is 10.2. The fraction of sp³-hybridized carbons (Fsp3) is 0.133. The van der Waals surface area contributed by atoms with Gasteiger partial charge in [0.25, 0.3) is 5.56 Å². The molecule has 0 amide bonds. The van der Waals surface area contributed by atoms with Crippen LogP contribution in [0.2, 0.25) is 0 Å². The molecule has 1 aromatic carbocycles. The molecule has 0 spiro atoms. The molecule has 0 aliphatic carbocycles. The quantitative estimate of drug-likeness (QED) is 0.718. The van der Waals surface area contributed by atoms with Crippen LogP contribution >= 0.6 is 0 Å². The molecule has 22 heavy (non-hydrogen) atoms. The van der Waals surface area contributed by atoms with E-state index in [9.17, 15) is 4.79 Å². The lowest BCUT2D eigenvalue weighted by molar-refractivity contribution is 0.174. The molecule has 0 saturated carbocycles. The number of pyridine rings is 1. The zero-order valence-electron chi connectivity index (χ0n) is 11.6. The maximum atomic E-state index is 11.7. The summed E-state index contributed by atoms with van der Waals surface area (Å²) in [4.78, 5) is 11.7. The van der Waals surface area contributed by atoms with Gasteiger partial charge >= 0.3 is 0 Å². The monoisotopic (exact) mass is 297 g/mol. The van der Waals surface area contributed by atoms with Gasteiger partial charge in [-0.05, 0) is 24.3 Å². The fourth-order valence-electron chi connectivity index (χ4n) is 2.17. The van der Waals surface area contributed by atoms with Crippen molar-refractivity contribution in [2.45, 2.75) is 0 Å². The third-order valence-corrected chi connectivity index (χ3v) is 3.40.